The van der Waals surface area contributed by atoms with Gasteiger partial charge < -0.3 is 20.5 Å². The van der Waals surface area contributed by atoms with Crippen molar-refractivity contribution < 1.29 is 14.6 Å². The zero-order chi connectivity index (χ0) is 24.1. The zero-order valence-corrected chi connectivity index (χ0v) is 20.3. The molecule has 0 heterocycles. The number of carbonyl (C=O) groups is 1. The third-order valence-corrected chi connectivity index (χ3v) is 5.69. The summed E-state index contributed by atoms with van der Waals surface area (Å²) in [5.74, 6) is 0. The van der Waals surface area contributed by atoms with E-state index in [2.05, 4.69) is 54.8 Å². The molecule has 0 unspecified atom stereocenters. The first-order chi connectivity index (χ1) is 15.5. The van der Waals surface area contributed by atoms with Crippen LogP contribution < -0.4 is 10.6 Å². The van der Waals surface area contributed by atoms with Crippen LogP contribution in [0.4, 0.5) is 4.79 Å². The van der Waals surface area contributed by atoms with E-state index in [1.807, 2.05) is 63.2 Å². The first-order valence-corrected chi connectivity index (χ1v) is 11.5. The number of amides is 1. The lowest BCUT2D eigenvalue weighted by atomic mass is 9.91. The summed E-state index contributed by atoms with van der Waals surface area (Å²) < 4.78 is 5.43. The summed E-state index contributed by atoms with van der Waals surface area (Å²) in [6, 6.07) is 24.0. The number of fused-ring (bicyclic) bond motifs is 1. The average Bonchev–Trinajstić information content (AvgIpc) is 2.76. The van der Waals surface area contributed by atoms with Crippen molar-refractivity contribution in [3.63, 3.8) is 0 Å². The van der Waals surface area contributed by atoms with Crippen molar-refractivity contribution in [1.82, 2.24) is 10.6 Å². The van der Waals surface area contributed by atoms with E-state index in [4.69, 9.17) is 4.74 Å². The van der Waals surface area contributed by atoms with Crippen LogP contribution in [-0.2, 0) is 16.7 Å². The molecule has 0 spiro atoms. The Morgan fingerprint density at radius 1 is 0.909 bits per heavy atom. The number of hydrogen-bond acceptors (Lipinski definition) is 4. The molecule has 33 heavy (non-hydrogen) atoms. The van der Waals surface area contributed by atoms with Gasteiger partial charge in [-0.05, 0) is 69.0 Å². The topological polar surface area (TPSA) is 70.6 Å². The largest absolute Gasteiger partial charge is 0.444 e. The molecule has 0 radical (unpaired) electrons. The Hall–Kier alpha value is -2.89. The summed E-state index contributed by atoms with van der Waals surface area (Å²) in [4.78, 5) is 12.4. The second-order valence-electron chi connectivity index (χ2n) is 10.1. The number of hydrogen-bond donors (Lipinski definition) is 3. The number of benzene rings is 3. The van der Waals surface area contributed by atoms with Gasteiger partial charge in [-0.25, -0.2) is 4.79 Å². The van der Waals surface area contributed by atoms with Gasteiger partial charge in [-0.1, -0.05) is 66.7 Å². The van der Waals surface area contributed by atoms with Crippen molar-refractivity contribution in [2.75, 3.05) is 6.54 Å². The Balaban J connectivity index is 1.71. The third-order valence-electron chi connectivity index (χ3n) is 5.69. The van der Waals surface area contributed by atoms with E-state index in [1.165, 1.54) is 10.8 Å². The molecule has 3 aromatic rings. The molecule has 0 bridgehead atoms. The molecule has 2 atom stereocenters. The van der Waals surface area contributed by atoms with Gasteiger partial charge in [-0.15, -0.1) is 0 Å². The van der Waals surface area contributed by atoms with Gasteiger partial charge in [0.2, 0.25) is 0 Å². The van der Waals surface area contributed by atoms with E-state index < -0.39 is 23.8 Å². The third kappa shape index (κ3) is 7.31. The van der Waals surface area contributed by atoms with Crippen molar-refractivity contribution in [2.45, 2.75) is 64.3 Å². The molecule has 0 saturated carbocycles. The molecule has 3 aromatic carbocycles. The second kappa shape index (κ2) is 10.4. The summed E-state index contributed by atoms with van der Waals surface area (Å²) in [7, 11) is 0. The van der Waals surface area contributed by atoms with E-state index in [9.17, 15) is 9.90 Å². The molecule has 0 aliphatic rings. The van der Waals surface area contributed by atoms with Crippen LogP contribution in [0.15, 0.2) is 72.8 Å². The van der Waals surface area contributed by atoms with Gasteiger partial charge in [-0.2, -0.15) is 0 Å². The molecule has 0 aromatic heterocycles. The smallest absolute Gasteiger partial charge is 0.407 e. The van der Waals surface area contributed by atoms with Crippen LogP contribution in [0.25, 0.3) is 10.8 Å². The molecule has 0 aliphatic heterocycles. The molecule has 176 valence electrons. The minimum atomic E-state index is -0.808. The minimum absolute atomic E-state index is 0.313. The number of carbonyl (C=O) groups excluding carboxylic acids is 1. The number of alkyl carbamates (subject to hydrolysis) is 1. The fourth-order valence-corrected chi connectivity index (χ4v) is 3.79. The fourth-order valence-electron chi connectivity index (χ4n) is 3.79. The Kier molecular flexibility index (Phi) is 7.77. The molecule has 5 heteroatoms. The fraction of sp³-hybridized carbons (Fsp3) is 0.393. The van der Waals surface area contributed by atoms with Crippen LogP contribution in [0.2, 0.25) is 0 Å². The van der Waals surface area contributed by atoms with Crippen molar-refractivity contribution in [3.8, 4) is 0 Å². The monoisotopic (exact) mass is 448 g/mol. The van der Waals surface area contributed by atoms with Crippen LogP contribution >= 0.6 is 0 Å². The normalized spacial score (nSPS) is 14.0. The predicted molar refractivity (Wildman–Crippen MR) is 134 cm³/mol. The maximum absolute atomic E-state index is 12.4. The summed E-state index contributed by atoms with van der Waals surface area (Å²) in [5, 5.41) is 19.8. The van der Waals surface area contributed by atoms with Crippen LogP contribution in [0.1, 0.15) is 45.7 Å². The summed E-state index contributed by atoms with van der Waals surface area (Å²) in [6.07, 6.45) is -0.840. The van der Waals surface area contributed by atoms with E-state index in [-0.39, 0.29) is 5.54 Å². The number of aliphatic hydroxyl groups excluding tert-OH is 1. The van der Waals surface area contributed by atoms with E-state index >= 15 is 0 Å². The number of rotatable bonds is 8. The Morgan fingerprint density at radius 3 is 2.21 bits per heavy atom. The van der Waals surface area contributed by atoms with Crippen LogP contribution in [0.3, 0.4) is 0 Å². The van der Waals surface area contributed by atoms with Crippen molar-refractivity contribution in [3.05, 3.63) is 83.9 Å². The van der Waals surface area contributed by atoms with Crippen LogP contribution in [-0.4, -0.2) is 35.5 Å². The summed E-state index contributed by atoms with van der Waals surface area (Å²) in [5.41, 5.74) is 1.19. The van der Waals surface area contributed by atoms with Crippen molar-refractivity contribution in [2.24, 2.45) is 0 Å². The van der Waals surface area contributed by atoms with Gasteiger partial charge in [0, 0.05) is 12.1 Å². The predicted octanol–water partition coefficient (Wildman–Crippen LogP) is 5.16. The minimum Gasteiger partial charge on any atom is -0.444 e. The molecular formula is C28H36N2O3. The molecule has 3 rings (SSSR count). The van der Waals surface area contributed by atoms with Gasteiger partial charge in [0.25, 0.3) is 0 Å². The summed E-state index contributed by atoms with van der Waals surface area (Å²) in [6.45, 7) is 9.97. The summed E-state index contributed by atoms with van der Waals surface area (Å²) >= 11 is 0. The molecule has 0 fully saturated rings. The Labute approximate surface area is 197 Å². The van der Waals surface area contributed by atoms with Crippen molar-refractivity contribution in [1.29, 1.82) is 0 Å². The highest BCUT2D eigenvalue weighted by atomic mass is 16.6. The van der Waals surface area contributed by atoms with Crippen molar-refractivity contribution >= 4 is 16.9 Å². The number of nitrogens with one attached hydrogen (secondary N) is 2. The van der Waals surface area contributed by atoms with Crippen LogP contribution in [0.5, 0.6) is 0 Å². The lowest BCUT2D eigenvalue weighted by molar-refractivity contribution is 0.0415. The lowest BCUT2D eigenvalue weighted by Crippen LogP contribution is -2.52. The van der Waals surface area contributed by atoms with Gasteiger partial charge in [0.05, 0.1) is 12.1 Å². The first-order valence-electron chi connectivity index (χ1n) is 11.5. The average molecular weight is 449 g/mol. The standard InChI is InChI=1S/C28H36N2O3/c1-27(2,3)33-26(32)30-24(17-20-11-7-6-8-12-20)25(31)19-29-28(4,5)23-16-15-21-13-9-10-14-22(21)18-23/h6-16,18,24-25,29,31H,17,19H2,1-5H3,(H,30,32)/t24-,25+/m0/s1. The molecule has 0 aliphatic carbocycles. The highest BCUT2D eigenvalue weighted by Crippen LogP contribution is 2.25. The molecule has 5 nitrogen and oxygen atoms in total. The number of aliphatic hydroxyl groups is 1. The second-order valence-corrected chi connectivity index (χ2v) is 10.1. The maximum Gasteiger partial charge on any atom is 0.407 e. The van der Waals surface area contributed by atoms with Gasteiger partial charge in [0.15, 0.2) is 0 Å². The van der Waals surface area contributed by atoms with Crippen LogP contribution in [0, 0.1) is 0 Å². The zero-order valence-electron chi connectivity index (χ0n) is 20.3. The van der Waals surface area contributed by atoms with E-state index in [0.29, 0.717) is 13.0 Å². The van der Waals surface area contributed by atoms with Gasteiger partial charge in [0.1, 0.15) is 5.60 Å². The number of ether oxygens (including phenoxy) is 1. The maximum atomic E-state index is 12.4. The Bertz CT molecular complexity index is 1060. The van der Waals surface area contributed by atoms with Gasteiger partial charge >= 0.3 is 6.09 Å². The quantitative estimate of drug-likeness (QED) is 0.445. The molecule has 0 saturated heterocycles. The Morgan fingerprint density at radius 2 is 1.55 bits per heavy atom. The van der Waals surface area contributed by atoms with E-state index in [1.54, 1.807) is 0 Å². The van der Waals surface area contributed by atoms with Gasteiger partial charge in [-0.3, -0.25) is 0 Å². The first kappa shape index (κ1) is 24.7. The molecule has 3 N–H and O–H groups in total. The highest BCUT2D eigenvalue weighted by molar-refractivity contribution is 5.83. The highest BCUT2D eigenvalue weighted by Gasteiger charge is 2.28. The lowest BCUT2D eigenvalue weighted by Gasteiger charge is -2.32. The SMILES string of the molecule is CC(C)(C)OC(=O)N[C@@H](Cc1ccccc1)[C@H](O)CNC(C)(C)c1ccc2ccccc2c1. The van der Waals surface area contributed by atoms with E-state index in [0.717, 1.165) is 11.1 Å². The molecular weight excluding hydrogens is 412 g/mol. The molecule has 1 amide bonds.